The largest absolute Gasteiger partial charge is 0.480 e. The van der Waals surface area contributed by atoms with Crippen molar-refractivity contribution < 1.29 is 28.2 Å². The van der Waals surface area contributed by atoms with Gasteiger partial charge in [-0.2, -0.15) is 0 Å². The summed E-state index contributed by atoms with van der Waals surface area (Å²) in [4.78, 5) is 26.7. The van der Waals surface area contributed by atoms with Crippen LogP contribution in [0.15, 0.2) is 60.7 Å². The van der Waals surface area contributed by atoms with Crippen molar-refractivity contribution in [3.8, 4) is 5.75 Å². The minimum atomic E-state index is -0.966. The summed E-state index contributed by atoms with van der Waals surface area (Å²) in [5, 5.41) is 0. The number of benzene rings is 2. The van der Waals surface area contributed by atoms with Crippen LogP contribution < -0.4 is 4.74 Å². The lowest BCUT2D eigenvalue weighted by molar-refractivity contribution is -0.137. The monoisotopic (exact) mass is 455 g/mol. The van der Waals surface area contributed by atoms with E-state index < -0.39 is 18.1 Å². The summed E-state index contributed by atoms with van der Waals surface area (Å²) in [6.45, 7) is 6.48. The normalized spacial score (nSPS) is 16.9. The molecule has 1 saturated heterocycles. The molecule has 2 aromatic rings. The van der Waals surface area contributed by atoms with Gasteiger partial charge in [-0.05, 0) is 42.2 Å². The van der Waals surface area contributed by atoms with Crippen LogP contribution in [0.1, 0.15) is 31.4 Å². The topological polar surface area (TPSA) is 65.1 Å². The number of nitrogens with zero attached hydrogens (tertiary/aromatic N) is 1. The van der Waals surface area contributed by atoms with Crippen LogP contribution in [0, 0.1) is 18.7 Å². The first-order valence-corrected chi connectivity index (χ1v) is 11.1. The van der Waals surface area contributed by atoms with Crippen molar-refractivity contribution in [1.29, 1.82) is 0 Å². The summed E-state index contributed by atoms with van der Waals surface area (Å²) in [5.41, 5.74) is 1.48. The van der Waals surface area contributed by atoms with E-state index in [9.17, 15) is 14.0 Å². The van der Waals surface area contributed by atoms with E-state index in [0.717, 1.165) is 10.5 Å². The maximum Gasteiger partial charge on any atom is 0.417 e. The van der Waals surface area contributed by atoms with Crippen molar-refractivity contribution in [2.45, 2.75) is 45.9 Å². The Morgan fingerprint density at radius 2 is 1.97 bits per heavy atom. The lowest BCUT2D eigenvalue weighted by Gasteiger charge is -2.26. The van der Waals surface area contributed by atoms with Crippen molar-refractivity contribution in [2.75, 3.05) is 13.2 Å². The highest BCUT2D eigenvalue weighted by Gasteiger charge is 2.42. The number of carbonyl (C=O) groups excluding carboxylic acids is 2. The Hall–Kier alpha value is -3.19. The van der Waals surface area contributed by atoms with E-state index in [-0.39, 0.29) is 30.8 Å². The summed E-state index contributed by atoms with van der Waals surface area (Å²) in [6.07, 6.45) is 2.18. The Bertz CT molecular complexity index is 976. The average Bonchev–Trinajstić information content (AvgIpc) is 3.19. The van der Waals surface area contributed by atoms with Gasteiger partial charge in [0.05, 0.1) is 19.3 Å². The van der Waals surface area contributed by atoms with Gasteiger partial charge >= 0.3 is 6.09 Å². The fourth-order valence-corrected chi connectivity index (χ4v) is 3.50. The molecule has 0 aliphatic carbocycles. The molecule has 1 aliphatic rings. The number of carbonyl (C=O) groups is 2. The zero-order valence-electron chi connectivity index (χ0n) is 19.2. The van der Waals surface area contributed by atoms with Gasteiger partial charge in [-0.15, -0.1) is 0 Å². The highest BCUT2D eigenvalue weighted by atomic mass is 19.1. The van der Waals surface area contributed by atoms with Gasteiger partial charge in [0.25, 0.3) is 5.91 Å². The molecule has 33 heavy (non-hydrogen) atoms. The van der Waals surface area contributed by atoms with Crippen molar-refractivity contribution in [3.63, 3.8) is 0 Å². The zero-order chi connectivity index (χ0) is 23.8. The molecule has 176 valence electrons. The second-order valence-corrected chi connectivity index (χ2v) is 8.32. The molecule has 0 radical (unpaired) electrons. The molecule has 1 fully saturated rings. The van der Waals surface area contributed by atoms with Gasteiger partial charge in [0, 0.05) is 6.42 Å². The molecule has 0 aromatic heterocycles. The van der Waals surface area contributed by atoms with Crippen LogP contribution in [0.4, 0.5) is 9.18 Å². The average molecular weight is 456 g/mol. The second-order valence-electron chi connectivity index (χ2n) is 8.32. The number of amides is 2. The number of halogens is 1. The van der Waals surface area contributed by atoms with Crippen LogP contribution in [0.3, 0.4) is 0 Å². The standard InChI is InChI=1S/C26H30FNO5/c1-18(2)23-17-32-26(30)28(23)25(29)24(33-21-12-13-22(27)19(3)15-21)11-7-8-14-31-16-20-9-5-4-6-10-20/h4-10,12-13,15,18,23-24H,11,14,16-17H2,1-3H3. The van der Waals surface area contributed by atoms with Gasteiger partial charge in [0.15, 0.2) is 6.10 Å². The van der Waals surface area contributed by atoms with Crippen molar-refractivity contribution in [1.82, 2.24) is 4.90 Å². The molecule has 6 nitrogen and oxygen atoms in total. The van der Waals surface area contributed by atoms with E-state index in [1.807, 2.05) is 50.3 Å². The molecule has 7 heteroatoms. The van der Waals surface area contributed by atoms with E-state index in [0.29, 0.717) is 24.5 Å². The fourth-order valence-electron chi connectivity index (χ4n) is 3.50. The molecule has 1 aliphatic heterocycles. The number of ether oxygens (including phenoxy) is 3. The Morgan fingerprint density at radius 1 is 1.21 bits per heavy atom. The summed E-state index contributed by atoms with van der Waals surface area (Å²) in [6, 6.07) is 13.8. The van der Waals surface area contributed by atoms with Crippen LogP contribution in [0.25, 0.3) is 0 Å². The molecule has 2 unspecified atom stereocenters. The molecule has 2 aromatic carbocycles. The lowest BCUT2D eigenvalue weighted by atomic mass is 10.0. The first-order chi connectivity index (χ1) is 15.9. The Balaban J connectivity index is 1.67. The predicted molar refractivity (Wildman–Crippen MR) is 122 cm³/mol. The molecule has 2 atom stereocenters. The summed E-state index contributed by atoms with van der Waals surface area (Å²) < 4.78 is 30.3. The highest BCUT2D eigenvalue weighted by Crippen LogP contribution is 2.24. The number of aryl methyl sites for hydroxylation is 1. The van der Waals surface area contributed by atoms with E-state index in [1.165, 1.54) is 18.2 Å². The summed E-state index contributed by atoms with van der Waals surface area (Å²) >= 11 is 0. The van der Waals surface area contributed by atoms with Gasteiger partial charge in [0.2, 0.25) is 0 Å². The fraction of sp³-hybridized carbons (Fsp3) is 0.385. The van der Waals surface area contributed by atoms with Crippen LogP contribution >= 0.6 is 0 Å². The van der Waals surface area contributed by atoms with Gasteiger partial charge < -0.3 is 14.2 Å². The van der Waals surface area contributed by atoms with Crippen LogP contribution in [-0.4, -0.2) is 42.3 Å². The summed E-state index contributed by atoms with van der Waals surface area (Å²) in [7, 11) is 0. The SMILES string of the molecule is Cc1cc(OC(CC=CCOCc2ccccc2)C(=O)N2C(=O)OCC2C(C)C)ccc1F. The number of hydrogen-bond donors (Lipinski definition) is 0. The lowest BCUT2D eigenvalue weighted by Crippen LogP contribution is -2.48. The zero-order valence-corrected chi connectivity index (χ0v) is 19.2. The minimum absolute atomic E-state index is 0.0380. The molecule has 0 saturated carbocycles. The van der Waals surface area contributed by atoms with Crippen molar-refractivity contribution >= 4 is 12.0 Å². The molecular formula is C26H30FNO5. The molecule has 3 rings (SSSR count). The minimum Gasteiger partial charge on any atom is -0.480 e. The quantitative estimate of drug-likeness (QED) is 0.371. The number of cyclic esters (lactones) is 1. The van der Waals surface area contributed by atoms with E-state index in [4.69, 9.17) is 14.2 Å². The number of imide groups is 1. The molecule has 0 N–H and O–H groups in total. The first-order valence-electron chi connectivity index (χ1n) is 11.1. The van der Waals surface area contributed by atoms with E-state index in [1.54, 1.807) is 13.0 Å². The van der Waals surface area contributed by atoms with Crippen LogP contribution in [0.2, 0.25) is 0 Å². The molecule has 1 heterocycles. The first kappa shape index (κ1) is 24.5. The Labute approximate surface area is 193 Å². The van der Waals surface area contributed by atoms with E-state index in [2.05, 4.69) is 0 Å². The summed E-state index contributed by atoms with van der Waals surface area (Å²) in [5.74, 6) is -0.442. The van der Waals surface area contributed by atoms with Gasteiger partial charge in [-0.3, -0.25) is 4.79 Å². The van der Waals surface area contributed by atoms with Crippen LogP contribution in [-0.2, 0) is 20.9 Å². The van der Waals surface area contributed by atoms with Crippen molar-refractivity contribution in [2.24, 2.45) is 5.92 Å². The maximum atomic E-state index is 13.7. The smallest absolute Gasteiger partial charge is 0.417 e. The predicted octanol–water partition coefficient (Wildman–Crippen LogP) is 5.05. The van der Waals surface area contributed by atoms with Gasteiger partial charge in [-0.25, -0.2) is 14.1 Å². The molecule has 0 spiro atoms. The number of hydrogen-bond acceptors (Lipinski definition) is 5. The third-order valence-corrected chi connectivity index (χ3v) is 5.44. The maximum absolute atomic E-state index is 13.7. The van der Waals surface area contributed by atoms with Gasteiger partial charge in [0.1, 0.15) is 18.2 Å². The molecule has 0 bridgehead atoms. The van der Waals surface area contributed by atoms with E-state index >= 15 is 0 Å². The second kappa shape index (κ2) is 11.6. The van der Waals surface area contributed by atoms with Crippen molar-refractivity contribution in [3.05, 3.63) is 77.6 Å². The molecule has 2 amide bonds. The molecular weight excluding hydrogens is 425 g/mol. The Morgan fingerprint density at radius 3 is 2.67 bits per heavy atom. The third kappa shape index (κ3) is 6.65. The number of rotatable bonds is 10. The van der Waals surface area contributed by atoms with Gasteiger partial charge in [-0.1, -0.05) is 56.3 Å². The Kier molecular flexibility index (Phi) is 8.60. The third-order valence-electron chi connectivity index (χ3n) is 5.44. The highest BCUT2D eigenvalue weighted by molar-refractivity contribution is 5.96. The van der Waals surface area contributed by atoms with Crippen LogP contribution in [0.5, 0.6) is 5.75 Å².